The van der Waals surface area contributed by atoms with Crippen molar-refractivity contribution in [2.45, 2.75) is 54.4 Å². The van der Waals surface area contributed by atoms with Gasteiger partial charge in [0.1, 0.15) is 5.75 Å². The van der Waals surface area contributed by atoms with Crippen LogP contribution < -0.4 is 0 Å². The van der Waals surface area contributed by atoms with Crippen LogP contribution in [0.2, 0.25) is 0 Å². The third-order valence-corrected chi connectivity index (χ3v) is 5.34. The second kappa shape index (κ2) is 9.58. The number of phenolic OH excluding ortho intramolecular Hbond substituents is 1. The fraction of sp³-hybridized carbons (Fsp3) is 0.360. The summed E-state index contributed by atoms with van der Waals surface area (Å²) in [5, 5.41) is 10.2. The minimum Gasteiger partial charge on any atom is -0.507 e. The molecule has 3 rings (SSSR count). The van der Waals surface area contributed by atoms with Gasteiger partial charge in [0.2, 0.25) is 0 Å². The van der Waals surface area contributed by atoms with Crippen molar-refractivity contribution in [2.75, 3.05) is 0 Å². The Balaban J connectivity index is 0.000000288. The van der Waals surface area contributed by atoms with Crippen LogP contribution in [0, 0.1) is 11.5 Å². The maximum Gasteiger partial charge on any atom is 0.126 e. The smallest absolute Gasteiger partial charge is 0.126 e. The number of allylic oxidation sites excluding steroid dienone is 4. The molecule has 27 heavy (non-hydrogen) atoms. The van der Waals surface area contributed by atoms with Crippen LogP contribution in [-0.4, -0.2) is 5.11 Å². The van der Waals surface area contributed by atoms with Crippen molar-refractivity contribution in [3.63, 3.8) is 0 Å². The topological polar surface area (TPSA) is 20.2 Å². The molecular weight excluding hydrogens is 364 g/mol. The Hall–Kier alpha value is -1.57. The number of rotatable bonds is 2. The van der Waals surface area contributed by atoms with Gasteiger partial charge in [0.15, 0.2) is 0 Å². The van der Waals surface area contributed by atoms with Gasteiger partial charge >= 0.3 is 0 Å². The first-order valence-corrected chi connectivity index (χ1v) is 9.32. The Labute approximate surface area is 180 Å². The van der Waals surface area contributed by atoms with Gasteiger partial charge in [-0.05, 0) is 17.0 Å². The van der Waals surface area contributed by atoms with Gasteiger partial charge < -0.3 is 5.11 Å². The number of phenols is 1. The number of hydrogen-bond acceptors (Lipinski definition) is 1. The van der Waals surface area contributed by atoms with Crippen LogP contribution in [0.3, 0.4) is 0 Å². The van der Waals surface area contributed by atoms with Crippen LogP contribution in [0.1, 0.15) is 59.9 Å². The van der Waals surface area contributed by atoms with Crippen molar-refractivity contribution in [1.82, 2.24) is 0 Å². The van der Waals surface area contributed by atoms with Gasteiger partial charge in [0.25, 0.3) is 0 Å². The maximum atomic E-state index is 10.2. The average Bonchev–Trinajstić information content (AvgIpc) is 2.78. The molecule has 0 aliphatic heterocycles. The van der Waals surface area contributed by atoms with Crippen molar-refractivity contribution >= 4 is 0 Å². The van der Waals surface area contributed by atoms with Crippen LogP contribution in [0.5, 0.6) is 5.75 Å². The van der Waals surface area contributed by atoms with Gasteiger partial charge in [0, 0.05) is 27.3 Å². The third-order valence-electron chi connectivity index (χ3n) is 5.34. The summed E-state index contributed by atoms with van der Waals surface area (Å²) in [6, 6.07) is 15.9. The van der Waals surface area contributed by atoms with Gasteiger partial charge in [-0.3, -0.25) is 6.08 Å². The Bertz CT molecular complexity index is 827. The van der Waals surface area contributed by atoms with Gasteiger partial charge in [0.05, 0.1) is 0 Å². The summed E-state index contributed by atoms with van der Waals surface area (Å²) >= 11 is 0. The van der Waals surface area contributed by atoms with Crippen LogP contribution in [0.4, 0.5) is 0 Å². The number of aromatic hydroxyl groups is 1. The van der Waals surface area contributed by atoms with Gasteiger partial charge in [-0.15, -0.1) is 6.92 Å². The minimum absolute atomic E-state index is 0. The predicted molar refractivity (Wildman–Crippen MR) is 112 cm³/mol. The Morgan fingerprint density at radius 1 is 0.889 bits per heavy atom. The SMILES string of the molecule is CC(C)c1cccc(-c2ccccc2)c1O.CC1=[C-]C(C)(C)C(C)=C1C.[Ti]. The molecule has 0 atom stereocenters. The van der Waals surface area contributed by atoms with Crippen LogP contribution in [0.15, 0.2) is 65.3 Å². The third kappa shape index (κ3) is 5.47. The Morgan fingerprint density at radius 2 is 1.48 bits per heavy atom. The molecule has 0 bridgehead atoms. The van der Waals surface area contributed by atoms with Crippen molar-refractivity contribution in [2.24, 2.45) is 5.41 Å². The summed E-state index contributed by atoms with van der Waals surface area (Å²) in [4.78, 5) is 0. The van der Waals surface area contributed by atoms with E-state index < -0.39 is 0 Å². The monoisotopic (exact) mass is 395 g/mol. The molecule has 2 heteroatoms. The van der Waals surface area contributed by atoms with Crippen molar-refractivity contribution < 1.29 is 26.8 Å². The second-order valence-electron chi connectivity index (χ2n) is 7.89. The average molecular weight is 395 g/mol. The molecule has 1 nitrogen and oxygen atoms in total. The quantitative estimate of drug-likeness (QED) is 0.418. The molecule has 2 aromatic rings. The molecule has 0 amide bonds. The van der Waals surface area contributed by atoms with Gasteiger partial charge in [-0.2, -0.15) is 11.1 Å². The zero-order valence-electron chi connectivity index (χ0n) is 17.6. The molecular formula is C25H31OTi-. The van der Waals surface area contributed by atoms with Gasteiger partial charge in [-0.25, -0.2) is 5.57 Å². The molecule has 0 spiro atoms. The van der Waals surface area contributed by atoms with Crippen LogP contribution in [-0.2, 0) is 21.7 Å². The molecule has 1 aliphatic rings. The van der Waals surface area contributed by atoms with E-state index in [4.69, 9.17) is 0 Å². The normalized spacial score (nSPS) is 15.0. The number of para-hydroxylation sites is 1. The molecule has 1 aliphatic carbocycles. The van der Waals surface area contributed by atoms with E-state index in [1.807, 2.05) is 48.5 Å². The summed E-state index contributed by atoms with van der Waals surface area (Å²) in [6.45, 7) is 15.1. The summed E-state index contributed by atoms with van der Waals surface area (Å²) in [6.07, 6.45) is 3.44. The zero-order valence-corrected chi connectivity index (χ0v) is 19.2. The van der Waals surface area contributed by atoms with Crippen molar-refractivity contribution in [1.29, 1.82) is 0 Å². The van der Waals surface area contributed by atoms with E-state index in [9.17, 15) is 5.11 Å². The van der Waals surface area contributed by atoms with Crippen molar-refractivity contribution in [3.05, 3.63) is 76.9 Å². The molecule has 0 radical (unpaired) electrons. The van der Waals surface area contributed by atoms with Gasteiger partial charge in [-0.1, -0.05) is 95.5 Å². The first-order valence-electron chi connectivity index (χ1n) is 9.32. The molecule has 2 aromatic carbocycles. The van der Waals surface area contributed by atoms with Crippen LogP contribution in [0.25, 0.3) is 11.1 Å². The number of hydrogen-bond donors (Lipinski definition) is 1. The zero-order chi connectivity index (χ0) is 19.5. The standard InChI is InChI=1S/C15H16O.C10H15.Ti/c1-11(2)13-9-6-10-14(15(13)16)12-7-4-3-5-8-12;1-7-6-10(4,5)9(3)8(7)2;/h3-11,16H,1-2H3;1-5H3;/q;-1;. The van der Waals surface area contributed by atoms with E-state index in [1.54, 1.807) is 0 Å². The minimum atomic E-state index is 0. The fourth-order valence-electron chi connectivity index (χ4n) is 3.28. The molecule has 0 unspecified atom stereocenters. The summed E-state index contributed by atoms with van der Waals surface area (Å²) in [7, 11) is 0. The van der Waals surface area contributed by atoms with E-state index >= 15 is 0 Å². The molecule has 1 N–H and O–H groups in total. The molecule has 0 aromatic heterocycles. The van der Waals surface area contributed by atoms with Crippen molar-refractivity contribution in [3.8, 4) is 16.9 Å². The molecule has 0 fully saturated rings. The van der Waals surface area contributed by atoms with Crippen LogP contribution >= 0.6 is 0 Å². The Morgan fingerprint density at radius 3 is 1.89 bits per heavy atom. The maximum absolute atomic E-state index is 10.2. The fourth-order valence-corrected chi connectivity index (χ4v) is 3.28. The Kier molecular flexibility index (Phi) is 8.32. The molecule has 0 heterocycles. The number of benzene rings is 2. The largest absolute Gasteiger partial charge is 0.507 e. The predicted octanol–water partition coefficient (Wildman–Crippen LogP) is 7.29. The molecule has 142 valence electrons. The first kappa shape index (κ1) is 23.5. The summed E-state index contributed by atoms with van der Waals surface area (Å²) in [5.41, 5.74) is 7.36. The molecule has 0 saturated heterocycles. The van der Waals surface area contributed by atoms with E-state index in [0.29, 0.717) is 11.7 Å². The first-order chi connectivity index (χ1) is 12.1. The van der Waals surface area contributed by atoms with E-state index in [-0.39, 0.29) is 27.1 Å². The van der Waals surface area contributed by atoms with E-state index in [2.05, 4.69) is 54.5 Å². The molecule has 0 saturated carbocycles. The second-order valence-corrected chi connectivity index (χ2v) is 7.89. The van der Waals surface area contributed by atoms with E-state index in [1.165, 1.54) is 16.7 Å². The van der Waals surface area contributed by atoms with E-state index in [0.717, 1.165) is 16.7 Å². The summed E-state index contributed by atoms with van der Waals surface area (Å²) in [5.74, 6) is 0.743. The summed E-state index contributed by atoms with van der Waals surface area (Å²) < 4.78 is 0.